The van der Waals surface area contributed by atoms with Crippen LogP contribution in [0.3, 0.4) is 0 Å². The largest absolute Gasteiger partial charge is 0.297 e. The average Bonchev–Trinajstić information content (AvgIpc) is 2.92. The first-order valence-electron chi connectivity index (χ1n) is 8.36. The van der Waals surface area contributed by atoms with E-state index in [0.717, 1.165) is 24.0 Å². The quantitative estimate of drug-likeness (QED) is 0.481. The van der Waals surface area contributed by atoms with Crippen LogP contribution in [0.15, 0.2) is 65.4 Å². The summed E-state index contributed by atoms with van der Waals surface area (Å²) in [4.78, 5) is 0. The molecular formula is C20H24NOP. The maximum Gasteiger partial charge on any atom is 0.204 e. The van der Waals surface area contributed by atoms with Crippen molar-refractivity contribution in [2.75, 3.05) is 0 Å². The van der Waals surface area contributed by atoms with E-state index in [1.165, 1.54) is 0 Å². The summed E-state index contributed by atoms with van der Waals surface area (Å²) < 4.78 is 18.7. The molecule has 0 amide bonds. The van der Waals surface area contributed by atoms with Gasteiger partial charge in [-0.05, 0) is 29.9 Å². The normalized spacial score (nSPS) is 23.6. The maximum atomic E-state index is 14.0. The summed E-state index contributed by atoms with van der Waals surface area (Å²) in [6, 6.07) is 20.5. The van der Waals surface area contributed by atoms with Crippen LogP contribution in [0.25, 0.3) is 0 Å². The summed E-state index contributed by atoms with van der Waals surface area (Å²) in [6.07, 6.45) is 3.77. The molecule has 0 radical (unpaired) electrons. The fraction of sp³-hybridized carbons (Fsp3) is 0.350. The number of rotatable bonds is 4. The van der Waals surface area contributed by atoms with Crippen LogP contribution in [0.5, 0.6) is 0 Å². The van der Waals surface area contributed by atoms with Gasteiger partial charge in [0.25, 0.3) is 0 Å². The first kappa shape index (κ1) is 16.2. The van der Waals surface area contributed by atoms with Crippen molar-refractivity contribution in [3.05, 3.63) is 71.8 Å². The summed E-state index contributed by atoms with van der Waals surface area (Å²) in [5.41, 5.74) is 2.41. The Labute approximate surface area is 139 Å². The molecule has 1 fully saturated rings. The maximum absolute atomic E-state index is 14.0. The van der Waals surface area contributed by atoms with Gasteiger partial charge in [-0.1, -0.05) is 74.5 Å². The van der Waals surface area contributed by atoms with Crippen molar-refractivity contribution in [3.8, 4) is 0 Å². The third-order valence-electron chi connectivity index (χ3n) is 4.52. The molecule has 0 aromatic heterocycles. The Hall–Kier alpha value is -1.66. The van der Waals surface area contributed by atoms with Crippen LogP contribution in [-0.4, -0.2) is 6.21 Å². The van der Waals surface area contributed by atoms with Crippen molar-refractivity contribution in [2.24, 2.45) is 10.7 Å². The molecule has 0 saturated carbocycles. The zero-order chi connectivity index (χ0) is 16.3. The highest BCUT2D eigenvalue weighted by molar-refractivity contribution is 7.63. The fourth-order valence-electron chi connectivity index (χ4n) is 3.41. The van der Waals surface area contributed by atoms with Gasteiger partial charge >= 0.3 is 0 Å². The molecule has 1 aliphatic rings. The van der Waals surface area contributed by atoms with Crippen LogP contribution in [0, 0.1) is 5.92 Å². The molecule has 0 N–H and O–H groups in total. The Morgan fingerprint density at radius 1 is 0.913 bits per heavy atom. The lowest BCUT2D eigenvalue weighted by Crippen LogP contribution is -1.99. The second-order valence-electron chi connectivity index (χ2n) is 6.61. The summed E-state index contributed by atoms with van der Waals surface area (Å²) in [5, 5.41) is 0. The number of hydrogen-bond acceptors (Lipinski definition) is 1. The van der Waals surface area contributed by atoms with Gasteiger partial charge in [-0.2, -0.15) is 0 Å². The van der Waals surface area contributed by atoms with Gasteiger partial charge in [0.2, 0.25) is 7.29 Å². The van der Waals surface area contributed by atoms with E-state index in [4.69, 9.17) is 4.76 Å². The Morgan fingerprint density at radius 2 is 1.35 bits per heavy atom. The molecule has 2 aromatic rings. The summed E-state index contributed by atoms with van der Waals surface area (Å²) in [5.74, 6) is 0.314. The van der Waals surface area contributed by atoms with Crippen molar-refractivity contribution >= 4 is 13.5 Å². The van der Waals surface area contributed by atoms with E-state index in [-0.39, 0.29) is 11.3 Å². The van der Waals surface area contributed by atoms with E-state index in [2.05, 4.69) is 38.1 Å². The van der Waals surface area contributed by atoms with E-state index < -0.39 is 7.29 Å². The molecule has 1 aliphatic heterocycles. The minimum Gasteiger partial charge on any atom is -0.297 e. The summed E-state index contributed by atoms with van der Waals surface area (Å²) >= 11 is 0. The van der Waals surface area contributed by atoms with Crippen molar-refractivity contribution in [2.45, 2.75) is 38.0 Å². The lowest BCUT2D eigenvalue weighted by atomic mass is 10.0. The minimum atomic E-state index is -2.72. The van der Waals surface area contributed by atoms with Crippen LogP contribution in [0.4, 0.5) is 0 Å². The molecule has 3 heteroatoms. The van der Waals surface area contributed by atoms with Gasteiger partial charge in [0, 0.05) is 6.21 Å². The second kappa shape index (κ2) is 6.84. The van der Waals surface area contributed by atoms with Crippen LogP contribution < -0.4 is 0 Å². The molecule has 0 aliphatic carbocycles. The molecule has 1 heterocycles. The van der Waals surface area contributed by atoms with Gasteiger partial charge in [0.15, 0.2) is 0 Å². The van der Waals surface area contributed by atoms with Gasteiger partial charge in [0.05, 0.1) is 11.3 Å². The topological polar surface area (TPSA) is 29.4 Å². The van der Waals surface area contributed by atoms with E-state index in [9.17, 15) is 4.57 Å². The zero-order valence-corrected chi connectivity index (χ0v) is 14.7. The predicted octanol–water partition coefficient (Wildman–Crippen LogP) is 6.27. The van der Waals surface area contributed by atoms with Gasteiger partial charge in [0.1, 0.15) is 0 Å². The predicted molar refractivity (Wildman–Crippen MR) is 98.5 cm³/mol. The summed E-state index contributed by atoms with van der Waals surface area (Å²) in [6.45, 7) is 4.17. The van der Waals surface area contributed by atoms with Crippen LogP contribution in [-0.2, 0) is 4.57 Å². The molecule has 23 heavy (non-hydrogen) atoms. The highest BCUT2D eigenvalue weighted by atomic mass is 31.2. The van der Waals surface area contributed by atoms with Gasteiger partial charge in [-0.15, -0.1) is 0 Å². The second-order valence-corrected chi connectivity index (χ2v) is 9.43. The molecule has 0 bridgehead atoms. The SMILES string of the molecule is CC(C)/C=N/P1(=O)[C@H](c2ccccc2)CC[C@H]1c1ccccc1. The van der Waals surface area contributed by atoms with Crippen LogP contribution >= 0.6 is 7.29 Å². The lowest BCUT2D eigenvalue weighted by Gasteiger charge is -2.23. The van der Waals surface area contributed by atoms with Crippen LogP contribution in [0.1, 0.15) is 49.1 Å². The van der Waals surface area contributed by atoms with E-state index in [0.29, 0.717) is 5.92 Å². The van der Waals surface area contributed by atoms with Crippen molar-refractivity contribution < 1.29 is 4.57 Å². The van der Waals surface area contributed by atoms with Crippen molar-refractivity contribution in [1.29, 1.82) is 0 Å². The van der Waals surface area contributed by atoms with Crippen LogP contribution in [0.2, 0.25) is 0 Å². The molecule has 1 saturated heterocycles. The highest BCUT2D eigenvalue weighted by Gasteiger charge is 2.47. The number of hydrogen-bond donors (Lipinski definition) is 0. The number of nitrogens with zero attached hydrogens (tertiary/aromatic N) is 1. The molecule has 2 atom stereocenters. The number of benzene rings is 2. The lowest BCUT2D eigenvalue weighted by molar-refractivity contribution is 0.567. The van der Waals surface area contributed by atoms with Gasteiger partial charge in [-0.3, -0.25) is 4.57 Å². The Bertz CT molecular complexity index is 657. The molecule has 2 nitrogen and oxygen atoms in total. The molecule has 0 unspecified atom stereocenters. The third-order valence-corrected chi connectivity index (χ3v) is 7.91. The van der Waals surface area contributed by atoms with E-state index in [1.54, 1.807) is 0 Å². The first-order valence-corrected chi connectivity index (χ1v) is 10.2. The monoisotopic (exact) mass is 325 g/mol. The van der Waals surface area contributed by atoms with E-state index >= 15 is 0 Å². The summed E-state index contributed by atoms with van der Waals surface area (Å²) in [7, 11) is -2.72. The first-order chi connectivity index (χ1) is 11.1. The molecule has 2 aromatic carbocycles. The molecular weight excluding hydrogens is 301 g/mol. The zero-order valence-electron chi connectivity index (χ0n) is 13.8. The highest BCUT2D eigenvalue weighted by Crippen LogP contribution is 2.77. The standard InChI is InChI=1S/C20H24NOP/c1-16(2)15-21-23(22)19(17-9-5-3-6-10-17)13-14-20(23)18-11-7-4-8-12-18/h3-12,15-16,19-20H,13-14H2,1-2H3/b21-15+/t19-,20-/m0/s1. The van der Waals surface area contributed by atoms with Crippen molar-refractivity contribution in [3.63, 3.8) is 0 Å². The molecule has 120 valence electrons. The third kappa shape index (κ3) is 3.33. The smallest absolute Gasteiger partial charge is 0.204 e. The Balaban J connectivity index is 2.04. The Kier molecular flexibility index (Phi) is 4.82. The fourth-order valence-corrected chi connectivity index (χ4v) is 6.88. The van der Waals surface area contributed by atoms with Gasteiger partial charge in [-0.25, -0.2) is 4.76 Å². The van der Waals surface area contributed by atoms with Gasteiger partial charge < -0.3 is 0 Å². The van der Waals surface area contributed by atoms with Crippen molar-refractivity contribution in [1.82, 2.24) is 0 Å². The molecule has 0 spiro atoms. The molecule has 3 rings (SSSR count). The Morgan fingerprint density at radius 3 is 1.74 bits per heavy atom. The minimum absolute atomic E-state index is 0.0453. The average molecular weight is 325 g/mol. The van der Waals surface area contributed by atoms with E-state index in [1.807, 2.05) is 42.6 Å².